The van der Waals surface area contributed by atoms with Gasteiger partial charge in [-0.05, 0) is 18.2 Å². The first-order valence-electron chi connectivity index (χ1n) is 5.37. The first-order valence-corrected chi connectivity index (χ1v) is 6.16. The third-order valence-corrected chi connectivity index (χ3v) is 3.09. The van der Waals surface area contributed by atoms with E-state index in [1.807, 2.05) is 11.0 Å². The minimum Gasteiger partial charge on any atom is -0.433 e. The van der Waals surface area contributed by atoms with Gasteiger partial charge in [-0.15, -0.1) is 0 Å². The molecule has 1 N–H and O–H groups in total. The second kappa shape index (κ2) is 5.64. The van der Waals surface area contributed by atoms with Crippen LogP contribution in [-0.2, 0) is 0 Å². The van der Waals surface area contributed by atoms with Crippen molar-refractivity contribution in [3.8, 4) is 5.75 Å². The second-order valence-corrected chi connectivity index (χ2v) is 4.64. The highest BCUT2D eigenvalue weighted by molar-refractivity contribution is 9.10. The van der Waals surface area contributed by atoms with E-state index in [1.165, 1.54) is 0 Å². The summed E-state index contributed by atoms with van der Waals surface area (Å²) in [5.41, 5.74) is 0.718. The van der Waals surface area contributed by atoms with Crippen molar-refractivity contribution in [3.63, 3.8) is 0 Å². The van der Waals surface area contributed by atoms with E-state index >= 15 is 0 Å². The Kier molecular flexibility index (Phi) is 4.17. The summed E-state index contributed by atoms with van der Waals surface area (Å²) in [4.78, 5) is 2.04. The summed E-state index contributed by atoms with van der Waals surface area (Å²) in [5.74, 6) is 0.219. The summed E-state index contributed by atoms with van der Waals surface area (Å²) in [6, 6.07) is 5.20. The maximum Gasteiger partial charge on any atom is 0.387 e. The Hall–Kier alpha value is -0.880. The van der Waals surface area contributed by atoms with Gasteiger partial charge in [-0.2, -0.15) is 8.78 Å². The predicted molar refractivity (Wildman–Crippen MR) is 65.9 cm³/mol. The minimum atomic E-state index is -2.80. The maximum atomic E-state index is 12.3. The third-order valence-electron chi connectivity index (χ3n) is 2.60. The van der Waals surface area contributed by atoms with Crippen molar-refractivity contribution in [2.75, 3.05) is 31.1 Å². The molecule has 6 heteroatoms. The molecule has 0 amide bonds. The standard InChI is InChI=1S/C11H13BrF2N2O/c12-8-1-2-9(10(7-8)17-11(13)14)16-5-3-15-4-6-16/h1-2,7,11,15H,3-6H2. The lowest BCUT2D eigenvalue weighted by molar-refractivity contribution is -0.0495. The second-order valence-electron chi connectivity index (χ2n) is 3.73. The molecule has 1 aromatic rings. The van der Waals surface area contributed by atoms with Crippen LogP contribution in [0.5, 0.6) is 5.75 Å². The van der Waals surface area contributed by atoms with Crippen LogP contribution in [0.1, 0.15) is 0 Å². The molecule has 1 heterocycles. The molecule has 1 fully saturated rings. The van der Waals surface area contributed by atoms with Gasteiger partial charge in [0.2, 0.25) is 0 Å². The van der Waals surface area contributed by atoms with Crippen LogP contribution in [0.15, 0.2) is 22.7 Å². The molecule has 0 atom stereocenters. The first-order chi connectivity index (χ1) is 8.16. The highest BCUT2D eigenvalue weighted by Crippen LogP contribution is 2.32. The Bertz CT molecular complexity index is 384. The lowest BCUT2D eigenvalue weighted by Crippen LogP contribution is -2.43. The normalized spacial score (nSPS) is 16.4. The third kappa shape index (κ3) is 3.29. The molecule has 0 aliphatic carbocycles. The highest BCUT2D eigenvalue weighted by Gasteiger charge is 2.17. The molecular formula is C11H13BrF2N2O. The summed E-state index contributed by atoms with van der Waals surface area (Å²) in [7, 11) is 0. The monoisotopic (exact) mass is 306 g/mol. The van der Waals surface area contributed by atoms with Crippen LogP contribution in [0.3, 0.4) is 0 Å². The Balaban J connectivity index is 2.24. The molecule has 0 bridgehead atoms. The zero-order valence-electron chi connectivity index (χ0n) is 9.13. The van der Waals surface area contributed by atoms with Crippen molar-refractivity contribution in [2.24, 2.45) is 0 Å². The van der Waals surface area contributed by atoms with Gasteiger partial charge in [0, 0.05) is 30.7 Å². The number of nitrogens with one attached hydrogen (secondary N) is 1. The Morgan fingerprint density at radius 1 is 1.29 bits per heavy atom. The van der Waals surface area contributed by atoms with Crippen molar-refractivity contribution < 1.29 is 13.5 Å². The zero-order chi connectivity index (χ0) is 12.3. The van der Waals surface area contributed by atoms with Crippen LogP contribution in [-0.4, -0.2) is 32.8 Å². The van der Waals surface area contributed by atoms with Crippen LogP contribution in [0, 0.1) is 0 Å². The molecule has 1 aliphatic heterocycles. The fourth-order valence-electron chi connectivity index (χ4n) is 1.85. The van der Waals surface area contributed by atoms with Crippen molar-refractivity contribution in [1.82, 2.24) is 5.32 Å². The van der Waals surface area contributed by atoms with Crippen LogP contribution >= 0.6 is 15.9 Å². The Labute approximate surface area is 107 Å². The van der Waals surface area contributed by atoms with E-state index in [0.29, 0.717) is 0 Å². The average Bonchev–Trinajstić information content (AvgIpc) is 2.29. The average molecular weight is 307 g/mol. The molecule has 3 nitrogen and oxygen atoms in total. The van der Waals surface area contributed by atoms with Crippen molar-refractivity contribution in [2.45, 2.75) is 6.61 Å². The fraction of sp³-hybridized carbons (Fsp3) is 0.455. The van der Waals surface area contributed by atoms with Crippen LogP contribution < -0.4 is 15.0 Å². The number of rotatable bonds is 3. The van der Waals surface area contributed by atoms with Gasteiger partial charge in [-0.3, -0.25) is 0 Å². The Morgan fingerprint density at radius 2 is 2.00 bits per heavy atom. The number of hydrogen-bond acceptors (Lipinski definition) is 3. The summed E-state index contributed by atoms with van der Waals surface area (Å²) < 4.78 is 29.9. The van der Waals surface area contributed by atoms with Crippen LogP contribution in [0.25, 0.3) is 0 Å². The van der Waals surface area contributed by atoms with E-state index in [1.54, 1.807) is 12.1 Å². The van der Waals surface area contributed by atoms with E-state index < -0.39 is 6.61 Å². The smallest absolute Gasteiger partial charge is 0.387 e. The zero-order valence-corrected chi connectivity index (χ0v) is 10.7. The van der Waals surface area contributed by atoms with Crippen molar-refractivity contribution in [3.05, 3.63) is 22.7 Å². The fourth-order valence-corrected chi connectivity index (χ4v) is 2.19. The van der Waals surface area contributed by atoms with Gasteiger partial charge in [0.05, 0.1) is 5.69 Å². The molecule has 1 saturated heterocycles. The quantitative estimate of drug-likeness (QED) is 0.928. The topological polar surface area (TPSA) is 24.5 Å². The van der Waals surface area contributed by atoms with Gasteiger partial charge in [-0.25, -0.2) is 0 Å². The lowest BCUT2D eigenvalue weighted by Gasteiger charge is -2.30. The van der Waals surface area contributed by atoms with Gasteiger partial charge in [-0.1, -0.05) is 15.9 Å². The summed E-state index contributed by atoms with van der Waals surface area (Å²) in [6.45, 7) is 0.488. The molecule has 0 saturated carbocycles. The molecule has 2 rings (SSSR count). The van der Waals surface area contributed by atoms with Gasteiger partial charge in [0.25, 0.3) is 0 Å². The molecule has 0 aromatic heterocycles. The van der Waals surface area contributed by atoms with Gasteiger partial charge in [0.1, 0.15) is 0 Å². The van der Waals surface area contributed by atoms with E-state index in [-0.39, 0.29) is 5.75 Å². The number of ether oxygens (including phenoxy) is 1. The number of benzene rings is 1. The van der Waals surface area contributed by atoms with Crippen molar-refractivity contribution in [1.29, 1.82) is 0 Å². The molecule has 0 spiro atoms. The van der Waals surface area contributed by atoms with Gasteiger partial charge < -0.3 is 15.0 Å². The molecule has 0 unspecified atom stereocenters. The van der Waals surface area contributed by atoms with Gasteiger partial charge >= 0.3 is 6.61 Å². The summed E-state index contributed by atoms with van der Waals surface area (Å²) in [6.07, 6.45) is 0. The number of nitrogens with zero attached hydrogens (tertiary/aromatic N) is 1. The number of anilines is 1. The minimum absolute atomic E-state index is 0.219. The van der Waals surface area contributed by atoms with Gasteiger partial charge in [0.15, 0.2) is 5.75 Å². The number of halogens is 3. The maximum absolute atomic E-state index is 12.3. The predicted octanol–water partition coefficient (Wildman–Crippen LogP) is 2.46. The van der Waals surface area contributed by atoms with Crippen LogP contribution in [0.4, 0.5) is 14.5 Å². The number of alkyl halides is 2. The lowest BCUT2D eigenvalue weighted by atomic mass is 10.2. The van der Waals surface area contributed by atoms with E-state index in [2.05, 4.69) is 26.0 Å². The molecule has 1 aliphatic rings. The summed E-state index contributed by atoms with van der Waals surface area (Å²) in [5, 5.41) is 3.22. The Morgan fingerprint density at radius 3 is 2.65 bits per heavy atom. The molecular weight excluding hydrogens is 294 g/mol. The largest absolute Gasteiger partial charge is 0.433 e. The number of hydrogen-bond donors (Lipinski definition) is 1. The summed E-state index contributed by atoms with van der Waals surface area (Å²) >= 11 is 3.25. The molecule has 94 valence electrons. The molecule has 0 radical (unpaired) electrons. The van der Waals surface area contributed by atoms with E-state index in [4.69, 9.17) is 0 Å². The molecule has 17 heavy (non-hydrogen) atoms. The molecule has 1 aromatic carbocycles. The number of piperazine rings is 1. The SMILES string of the molecule is FC(F)Oc1cc(Br)ccc1N1CCNCC1. The van der Waals surface area contributed by atoms with Crippen molar-refractivity contribution >= 4 is 21.6 Å². The van der Waals surface area contributed by atoms with Crippen LogP contribution in [0.2, 0.25) is 0 Å². The van der Waals surface area contributed by atoms with E-state index in [0.717, 1.165) is 36.3 Å². The van der Waals surface area contributed by atoms with E-state index in [9.17, 15) is 8.78 Å². The first kappa shape index (κ1) is 12.6. The highest BCUT2D eigenvalue weighted by atomic mass is 79.9.